The molecule has 1 aliphatic rings. The molecule has 0 spiro atoms. The van der Waals surface area contributed by atoms with E-state index in [1.54, 1.807) is 0 Å². The van der Waals surface area contributed by atoms with Crippen molar-refractivity contribution in [2.24, 2.45) is 0 Å². The van der Waals surface area contributed by atoms with E-state index in [1.807, 2.05) is 6.92 Å². The van der Waals surface area contributed by atoms with Crippen molar-refractivity contribution in [1.82, 2.24) is 0 Å². The zero-order chi connectivity index (χ0) is 9.68. The molecule has 0 bridgehead atoms. The second-order valence-electron chi connectivity index (χ2n) is 3.61. The van der Waals surface area contributed by atoms with Crippen LogP contribution in [0.3, 0.4) is 0 Å². The molecule has 76 valence electrons. The van der Waals surface area contributed by atoms with Gasteiger partial charge in [0.15, 0.2) is 0 Å². The molecule has 0 radical (unpaired) electrons. The topological polar surface area (TPSA) is 29.5 Å². The second-order valence-corrected chi connectivity index (χ2v) is 3.61. The largest absolute Gasteiger partial charge is 0.390 e. The van der Waals surface area contributed by atoms with E-state index in [2.05, 4.69) is 13.0 Å². The fourth-order valence-electron chi connectivity index (χ4n) is 1.83. The van der Waals surface area contributed by atoms with Gasteiger partial charge >= 0.3 is 0 Å². The highest BCUT2D eigenvalue weighted by molar-refractivity contribution is 5.12. The number of hydrogen-bond acceptors (Lipinski definition) is 2. The molecule has 1 saturated carbocycles. The van der Waals surface area contributed by atoms with Crippen LogP contribution >= 0.6 is 0 Å². The van der Waals surface area contributed by atoms with Crippen molar-refractivity contribution in [3.63, 3.8) is 0 Å². The van der Waals surface area contributed by atoms with Crippen molar-refractivity contribution in [1.29, 1.82) is 0 Å². The van der Waals surface area contributed by atoms with Gasteiger partial charge in [0.05, 0.1) is 6.10 Å². The average Bonchev–Trinajstić information content (AvgIpc) is 2.15. The Hall–Kier alpha value is -0.340. The summed E-state index contributed by atoms with van der Waals surface area (Å²) in [4.78, 5) is 0. The molecule has 0 heterocycles. The lowest BCUT2D eigenvalue weighted by atomic mass is 9.89. The lowest BCUT2D eigenvalue weighted by Gasteiger charge is -2.30. The molecule has 1 aliphatic carbocycles. The fraction of sp³-hybridized carbons (Fsp3) is 0.818. The van der Waals surface area contributed by atoms with Crippen LogP contribution in [0.2, 0.25) is 0 Å². The van der Waals surface area contributed by atoms with Gasteiger partial charge in [0, 0.05) is 6.61 Å². The van der Waals surface area contributed by atoms with Gasteiger partial charge < -0.3 is 9.84 Å². The number of hydrogen-bond donors (Lipinski definition) is 1. The minimum atomic E-state index is -0.286. The Balaban J connectivity index is 2.52. The van der Waals surface area contributed by atoms with E-state index in [-0.39, 0.29) is 12.2 Å². The second kappa shape index (κ2) is 5.40. The zero-order valence-corrected chi connectivity index (χ0v) is 8.62. The van der Waals surface area contributed by atoms with Crippen molar-refractivity contribution in [3.8, 4) is 0 Å². The molecule has 2 nitrogen and oxygen atoms in total. The summed E-state index contributed by atoms with van der Waals surface area (Å²) < 4.78 is 5.63. The van der Waals surface area contributed by atoms with Crippen LogP contribution in [0.4, 0.5) is 0 Å². The first-order valence-electron chi connectivity index (χ1n) is 5.24. The van der Waals surface area contributed by atoms with Gasteiger partial charge in [-0.25, -0.2) is 0 Å². The number of aliphatic hydroxyl groups excluding tert-OH is 1. The van der Waals surface area contributed by atoms with E-state index >= 15 is 0 Å². The van der Waals surface area contributed by atoms with E-state index in [0.29, 0.717) is 0 Å². The molecule has 0 saturated heterocycles. The predicted molar refractivity (Wildman–Crippen MR) is 53.6 cm³/mol. The normalized spacial score (nSPS) is 32.4. The molecular weight excluding hydrogens is 164 g/mol. The SMILES string of the molecule is CC=C1CCCC(O)C1OCCC. The smallest absolute Gasteiger partial charge is 0.104 e. The third kappa shape index (κ3) is 2.82. The summed E-state index contributed by atoms with van der Waals surface area (Å²) in [5, 5.41) is 9.73. The van der Waals surface area contributed by atoms with Crippen LogP contribution in [0, 0.1) is 0 Å². The Morgan fingerprint density at radius 1 is 1.62 bits per heavy atom. The van der Waals surface area contributed by atoms with Gasteiger partial charge in [0.25, 0.3) is 0 Å². The van der Waals surface area contributed by atoms with Crippen LogP contribution in [-0.4, -0.2) is 23.9 Å². The molecule has 13 heavy (non-hydrogen) atoms. The van der Waals surface area contributed by atoms with Crippen molar-refractivity contribution in [2.75, 3.05) is 6.61 Å². The summed E-state index contributed by atoms with van der Waals surface area (Å²) in [5.41, 5.74) is 1.27. The highest BCUT2D eigenvalue weighted by atomic mass is 16.5. The van der Waals surface area contributed by atoms with Gasteiger partial charge in [-0.2, -0.15) is 0 Å². The lowest BCUT2D eigenvalue weighted by molar-refractivity contribution is -0.0310. The molecular formula is C11H20O2. The molecule has 0 aromatic rings. The Morgan fingerprint density at radius 3 is 3.00 bits per heavy atom. The minimum absolute atomic E-state index is 0.0290. The van der Waals surface area contributed by atoms with Gasteiger partial charge in [0.1, 0.15) is 6.10 Å². The van der Waals surface area contributed by atoms with E-state index in [1.165, 1.54) is 5.57 Å². The van der Waals surface area contributed by atoms with E-state index < -0.39 is 0 Å². The van der Waals surface area contributed by atoms with Gasteiger partial charge in [-0.3, -0.25) is 0 Å². The zero-order valence-electron chi connectivity index (χ0n) is 8.62. The molecule has 0 aromatic carbocycles. The molecule has 2 atom stereocenters. The maximum Gasteiger partial charge on any atom is 0.104 e. The van der Waals surface area contributed by atoms with Gasteiger partial charge in [-0.15, -0.1) is 0 Å². The highest BCUT2D eigenvalue weighted by Crippen LogP contribution is 2.26. The molecule has 2 unspecified atom stereocenters. The maximum atomic E-state index is 9.73. The fourth-order valence-corrected chi connectivity index (χ4v) is 1.83. The monoisotopic (exact) mass is 184 g/mol. The summed E-state index contributed by atoms with van der Waals surface area (Å²) in [6.45, 7) is 4.86. The van der Waals surface area contributed by atoms with Crippen LogP contribution < -0.4 is 0 Å². The number of ether oxygens (including phenoxy) is 1. The van der Waals surface area contributed by atoms with E-state index in [9.17, 15) is 5.11 Å². The van der Waals surface area contributed by atoms with E-state index in [0.717, 1.165) is 32.3 Å². The van der Waals surface area contributed by atoms with Crippen LogP contribution in [0.1, 0.15) is 39.5 Å². The molecule has 1 rings (SSSR count). The highest BCUT2D eigenvalue weighted by Gasteiger charge is 2.26. The lowest BCUT2D eigenvalue weighted by Crippen LogP contribution is -2.34. The number of allylic oxidation sites excluding steroid dienone is 1. The minimum Gasteiger partial charge on any atom is -0.390 e. The summed E-state index contributed by atoms with van der Waals surface area (Å²) in [7, 11) is 0. The Kier molecular flexibility index (Phi) is 4.46. The van der Waals surface area contributed by atoms with Crippen LogP contribution in [0.15, 0.2) is 11.6 Å². The molecule has 0 amide bonds. The summed E-state index contributed by atoms with van der Waals surface area (Å²) >= 11 is 0. The standard InChI is InChI=1S/C11H20O2/c1-3-8-13-11-9(4-2)6-5-7-10(11)12/h4,10-12H,3,5-8H2,1-2H3. The molecule has 1 fully saturated rings. The molecule has 0 aromatic heterocycles. The van der Waals surface area contributed by atoms with Crippen LogP contribution in [-0.2, 0) is 4.74 Å². The van der Waals surface area contributed by atoms with Crippen molar-refractivity contribution >= 4 is 0 Å². The van der Waals surface area contributed by atoms with Crippen molar-refractivity contribution in [3.05, 3.63) is 11.6 Å². The molecule has 0 aliphatic heterocycles. The van der Waals surface area contributed by atoms with Gasteiger partial charge in [-0.1, -0.05) is 13.0 Å². The van der Waals surface area contributed by atoms with E-state index in [4.69, 9.17) is 4.74 Å². The predicted octanol–water partition coefficient (Wildman–Crippen LogP) is 2.27. The first-order valence-corrected chi connectivity index (χ1v) is 5.24. The summed E-state index contributed by atoms with van der Waals surface area (Å²) in [5.74, 6) is 0. The van der Waals surface area contributed by atoms with Gasteiger partial charge in [-0.05, 0) is 38.2 Å². The molecule has 1 N–H and O–H groups in total. The Morgan fingerprint density at radius 2 is 2.38 bits per heavy atom. The molecule has 2 heteroatoms. The first kappa shape index (κ1) is 10.7. The summed E-state index contributed by atoms with van der Waals surface area (Å²) in [6.07, 6.45) is 5.84. The van der Waals surface area contributed by atoms with Crippen molar-refractivity contribution in [2.45, 2.75) is 51.7 Å². The maximum absolute atomic E-state index is 9.73. The third-order valence-corrected chi connectivity index (χ3v) is 2.55. The Labute approximate surface area is 80.6 Å². The average molecular weight is 184 g/mol. The quantitative estimate of drug-likeness (QED) is 0.682. The third-order valence-electron chi connectivity index (χ3n) is 2.55. The van der Waals surface area contributed by atoms with Crippen molar-refractivity contribution < 1.29 is 9.84 Å². The number of aliphatic hydroxyl groups is 1. The van der Waals surface area contributed by atoms with Crippen LogP contribution in [0.5, 0.6) is 0 Å². The number of rotatable bonds is 3. The summed E-state index contributed by atoms with van der Waals surface area (Å²) in [6, 6.07) is 0. The first-order chi connectivity index (χ1) is 6.29. The van der Waals surface area contributed by atoms with Gasteiger partial charge in [0.2, 0.25) is 0 Å². The Bertz CT molecular complexity index is 175. The van der Waals surface area contributed by atoms with Crippen LogP contribution in [0.25, 0.3) is 0 Å².